The van der Waals surface area contributed by atoms with Gasteiger partial charge in [-0.15, -0.1) is 0 Å². The molecule has 104 valence electrons. The number of aromatic hydroxyl groups is 2. The lowest BCUT2D eigenvalue weighted by Crippen LogP contribution is -2.30. The van der Waals surface area contributed by atoms with Gasteiger partial charge in [0.15, 0.2) is 5.88 Å². The number of aliphatic imine (C=N–C) groups is 1. The number of H-pyrrole nitrogens is 1. The van der Waals surface area contributed by atoms with Crippen LogP contribution in [0.2, 0.25) is 0 Å². The van der Waals surface area contributed by atoms with Gasteiger partial charge in [-0.3, -0.25) is 4.98 Å². The first-order valence-corrected chi connectivity index (χ1v) is 5.87. The van der Waals surface area contributed by atoms with E-state index >= 15 is 0 Å². The Labute approximate surface area is 112 Å². The van der Waals surface area contributed by atoms with Gasteiger partial charge in [0.05, 0.1) is 12.2 Å². The number of nitrogens with one attached hydrogen (secondary N) is 1. The van der Waals surface area contributed by atoms with Crippen LogP contribution in [0.4, 0.5) is 20.2 Å². The van der Waals surface area contributed by atoms with E-state index < -0.39 is 11.6 Å². The molecule has 2 heterocycles. The van der Waals surface area contributed by atoms with Crippen LogP contribution in [-0.2, 0) is 6.54 Å². The molecule has 5 nitrogen and oxygen atoms in total. The molecular weight excluding hydrogens is 268 g/mol. The quantitative estimate of drug-likeness (QED) is 0.751. The number of amidine groups is 1. The maximum atomic E-state index is 13.8. The highest BCUT2D eigenvalue weighted by Gasteiger charge is 2.25. The Morgan fingerprint density at radius 3 is 2.65 bits per heavy atom. The van der Waals surface area contributed by atoms with Gasteiger partial charge in [-0.25, -0.2) is 13.8 Å². The fraction of sp³-hybridized carbons (Fsp3) is 0.154. The third-order valence-electron chi connectivity index (χ3n) is 3.18. The van der Waals surface area contributed by atoms with Crippen LogP contribution in [0.1, 0.15) is 12.5 Å². The van der Waals surface area contributed by atoms with Gasteiger partial charge < -0.3 is 15.1 Å². The molecule has 1 aliphatic rings. The number of nitrogens with zero attached hydrogens (tertiary/aromatic N) is 2. The molecular formula is C13H11F2N3O2. The number of aromatic amines is 1. The molecule has 0 saturated heterocycles. The summed E-state index contributed by atoms with van der Waals surface area (Å²) in [7, 11) is 0. The minimum Gasteiger partial charge on any atom is -0.494 e. The van der Waals surface area contributed by atoms with Gasteiger partial charge in [-0.1, -0.05) is 0 Å². The minimum atomic E-state index is -0.694. The van der Waals surface area contributed by atoms with E-state index in [4.69, 9.17) is 0 Å². The zero-order valence-corrected chi connectivity index (χ0v) is 10.5. The van der Waals surface area contributed by atoms with Crippen molar-refractivity contribution in [1.29, 1.82) is 0 Å². The lowest BCUT2D eigenvalue weighted by molar-refractivity contribution is 0.425. The molecule has 0 spiro atoms. The van der Waals surface area contributed by atoms with Crippen LogP contribution >= 0.6 is 0 Å². The molecule has 2 aromatic rings. The molecule has 1 aromatic carbocycles. The second kappa shape index (κ2) is 4.22. The van der Waals surface area contributed by atoms with Gasteiger partial charge in [0, 0.05) is 23.8 Å². The van der Waals surface area contributed by atoms with Crippen LogP contribution in [0.25, 0.3) is 0 Å². The number of benzene rings is 1. The van der Waals surface area contributed by atoms with Gasteiger partial charge in [-0.05, 0) is 6.92 Å². The molecule has 1 aromatic heterocycles. The van der Waals surface area contributed by atoms with Crippen LogP contribution in [0, 0.1) is 11.6 Å². The predicted molar refractivity (Wildman–Crippen MR) is 69.4 cm³/mol. The number of rotatable bonds is 1. The normalized spacial score (nSPS) is 14.2. The van der Waals surface area contributed by atoms with Crippen molar-refractivity contribution >= 4 is 17.2 Å². The summed E-state index contributed by atoms with van der Waals surface area (Å²) in [4.78, 5) is 7.99. The molecule has 1 aliphatic heterocycles. The van der Waals surface area contributed by atoms with E-state index in [0.717, 1.165) is 12.1 Å². The monoisotopic (exact) mass is 279 g/mol. The van der Waals surface area contributed by atoms with Gasteiger partial charge in [-0.2, -0.15) is 0 Å². The number of halogens is 2. The van der Waals surface area contributed by atoms with Crippen molar-refractivity contribution in [2.75, 3.05) is 4.90 Å². The fourth-order valence-electron chi connectivity index (χ4n) is 2.24. The number of anilines is 1. The molecule has 20 heavy (non-hydrogen) atoms. The van der Waals surface area contributed by atoms with Crippen molar-refractivity contribution in [3.63, 3.8) is 0 Å². The smallest absolute Gasteiger partial charge is 0.215 e. The third kappa shape index (κ3) is 1.87. The second-order valence-electron chi connectivity index (χ2n) is 4.52. The van der Waals surface area contributed by atoms with E-state index in [0.29, 0.717) is 5.84 Å². The summed E-state index contributed by atoms with van der Waals surface area (Å²) < 4.78 is 27.0. The molecule has 0 saturated carbocycles. The van der Waals surface area contributed by atoms with E-state index in [9.17, 15) is 19.0 Å². The largest absolute Gasteiger partial charge is 0.494 e. The number of aromatic nitrogens is 1. The van der Waals surface area contributed by atoms with Crippen molar-refractivity contribution in [2.45, 2.75) is 13.5 Å². The summed E-state index contributed by atoms with van der Waals surface area (Å²) in [5.41, 5.74) is 0.741. The van der Waals surface area contributed by atoms with Crippen LogP contribution in [-0.4, -0.2) is 21.0 Å². The minimum absolute atomic E-state index is 0.0850. The summed E-state index contributed by atoms with van der Waals surface area (Å²) in [6, 6.07) is 3.26. The zero-order chi connectivity index (χ0) is 14.4. The molecule has 0 amide bonds. The maximum Gasteiger partial charge on any atom is 0.215 e. The van der Waals surface area contributed by atoms with Crippen LogP contribution in [0.3, 0.4) is 0 Å². The van der Waals surface area contributed by atoms with E-state index in [1.165, 1.54) is 11.0 Å². The molecule has 3 rings (SSSR count). The molecule has 0 fully saturated rings. The summed E-state index contributed by atoms with van der Waals surface area (Å²) in [5, 5.41) is 19.0. The van der Waals surface area contributed by atoms with E-state index in [1.807, 2.05) is 0 Å². The van der Waals surface area contributed by atoms with E-state index in [1.54, 1.807) is 6.92 Å². The predicted octanol–water partition coefficient (Wildman–Crippen LogP) is 2.77. The Bertz CT molecular complexity index is 725. The van der Waals surface area contributed by atoms with Gasteiger partial charge in [0.25, 0.3) is 0 Å². The van der Waals surface area contributed by atoms with Gasteiger partial charge in [0.2, 0.25) is 5.88 Å². The number of hydrogen-bond donors (Lipinski definition) is 3. The molecule has 0 aliphatic carbocycles. The first-order valence-electron chi connectivity index (χ1n) is 5.87. The Balaban J connectivity index is 2.09. The molecule has 0 bridgehead atoms. The second-order valence-corrected chi connectivity index (χ2v) is 4.52. The zero-order valence-electron chi connectivity index (χ0n) is 10.5. The summed E-state index contributed by atoms with van der Waals surface area (Å²) >= 11 is 0. The van der Waals surface area contributed by atoms with Gasteiger partial charge in [0.1, 0.15) is 23.2 Å². The molecule has 3 N–H and O–H groups in total. The van der Waals surface area contributed by atoms with E-state index in [-0.39, 0.29) is 35.2 Å². The summed E-state index contributed by atoms with van der Waals surface area (Å²) in [5.74, 6) is -1.38. The first-order chi connectivity index (χ1) is 9.45. The average molecular weight is 279 g/mol. The lowest BCUT2D eigenvalue weighted by atomic mass is 10.1. The van der Waals surface area contributed by atoms with Crippen LogP contribution in [0.15, 0.2) is 23.2 Å². The standard InChI is InChI=1S/C13H11F2N3O2/c1-6-16-10-3-7(14)2-9(15)8(10)5-18(6)11-4-12(19)17-13(11)20/h2-4,17,19-20H,5H2,1H3. The van der Waals surface area contributed by atoms with Crippen molar-refractivity contribution in [1.82, 2.24) is 4.98 Å². The Kier molecular flexibility index (Phi) is 2.63. The Hall–Kier alpha value is -2.57. The Morgan fingerprint density at radius 1 is 1.25 bits per heavy atom. The molecule has 0 atom stereocenters. The molecule has 0 unspecified atom stereocenters. The van der Waals surface area contributed by atoms with Crippen molar-refractivity contribution < 1.29 is 19.0 Å². The summed E-state index contributed by atoms with van der Waals surface area (Å²) in [6.45, 7) is 1.73. The first kappa shape index (κ1) is 12.5. The SMILES string of the molecule is CC1=Nc2cc(F)cc(F)c2CN1c1cc(O)[nH]c1O. The highest BCUT2D eigenvalue weighted by atomic mass is 19.1. The highest BCUT2D eigenvalue weighted by Crippen LogP contribution is 2.37. The topological polar surface area (TPSA) is 71.8 Å². The number of hydrogen-bond acceptors (Lipinski definition) is 4. The van der Waals surface area contributed by atoms with Crippen molar-refractivity contribution in [3.05, 3.63) is 35.4 Å². The van der Waals surface area contributed by atoms with Crippen LogP contribution in [0.5, 0.6) is 11.8 Å². The molecule has 7 heteroatoms. The maximum absolute atomic E-state index is 13.8. The molecule has 0 radical (unpaired) electrons. The third-order valence-corrected chi connectivity index (χ3v) is 3.18. The summed E-state index contributed by atoms with van der Waals surface area (Å²) in [6.07, 6.45) is 0. The van der Waals surface area contributed by atoms with Crippen molar-refractivity contribution in [3.8, 4) is 11.8 Å². The van der Waals surface area contributed by atoms with Crippen molar-refractivity contribution in [2.24, 2.45) is 4.99 Å². The van der Waals surface area contributed by atoms with Gasteiger partial charge >= 0.3 is 0 Å². The van der Waals surface area contributed by atoms with E-state index in [2.05, 4.69) is 9.98 Å². The van der Waals surface area contributed by atoms with Crippen LogP contribution < -0.4 is 4.90 Å². The Morgan fingerprint density at radius 2 is 2.00 bits per heavy atom. The fourth-order valence-corrected chi connectivity index (χ4v) is 2.24. The average Bonchev–Trinajstić information content (AvgIpc) is 2.67. The highest BCUT2D eigenvalue weighted by molar-refractivity contribution is 6.00. The lowest BCUT2D eigenvalue weighted by Gasteiger charge is -2.28. The number of fused-ring (bicyclic) bond motifs is 1.